The molecule has 0 aliphatic rings. The summed E-state index contributed by atoms with van der Waals surface area (Å²) in [6.45, 7) is 3.74. The van der Waals surface area contributed by atoms with Gasteiger partial charge in [0, 0.05) is 7.11 Å². The number of ether oxygens (including phenoxy) is 1. The Morgan fingerprint density at radius 3 is 2.24 bits per heavy atom. The lowest BCUT2D eigenvalue weighted by atomic mass is 9.88. The lowest BCUT2D eigenvalue weighted by Crippen LogP contribution is -2.50. The number of hydrogen-bond acceptors (Lipinski definition) is 3. The van der Waals surface area contributed by atoms with Crippen molar-refractivity contribution < 1.29 is 19.4 Å². The normalized spacial score (nSPS) is 12.7. The van der Waals surface area contributed by atoms with Crippen molar-refractivity contribution in [2.24, 2.45) is 0 Å². The molecule has 21 heavy (non-hydrogen) atoms. The Bertz CT molecular complexity index is 468. The highest BCUT2D eigenvalue weighted by molar-refractivity contribution is 5.83. The van der Waals surface area contributed by atoms with Crippen LogP contribution in [0.5, 0.6) is 0 Å². The molecule has 1 aromatic carbocycles. The van der Waals surface area contributed by atoms with Crippen LogP contribution in [0.4, 0.5) is 0 Å². The van der Waals surface area contributed by atoms with Crippen molar-refractivity contribution in [2.75, 3.05) is 7.11 Å². The van der Waals surface area contributed by atoms with Gasteiger partial charge < -0.3 is 15.2 Å². The number of nitrogens with one attached hydrogen (secondary N) is 1. The number of carbonyl (C=O) groups is 2. The van der Waals surface area contributed by atoms with Gasteiger partial charge >= 0.3 is 5.97 Å². The SMILES string of the molecule is CCC(CC)(CC(=O)O)NC(=O)[C@H](OC)c1ccccc1. The molecule has 1 aromatic rings. The van der Waals surface area contributed by atoms with Gasteiger partial charge in [0.15, 0.2) is 6.10 Å². The molecule has 1 amide bonds. The number of carboxylic acids is 1. The summed E-state index contributed by atoms with van der Waals surface area (Å²) in [7, 11) is 1.47. The van der Waals surface area contributed by atoms with Gasteiger partial charge in [-0.05, 0) is 18.4 Å². The molecule has 0 saturated heterocycles. The monoisotopic (exact) mass is 293 g/mol. The van der Waals surface area contributed by atoms with Gasteiger partial charge in [-0.3, -0.25) is 9.59 Å². The zero-order valence-electron chi connectivity index (χ0n) is 12.8. The van der Waals surface area contributed by atoms with E-state index in [1.54, 1.807) is 0 Å². The molecular formula is C16H23NO4. The number of aliphatic carboxylic acids is 1. The van der Waals surface area contributed by atoms with Crippen molar-refractivity contribution in [1.82, 2.24) is 5.32 Å². The molecule has 0 heterocycles. The predicted molar refractivity (Wildman–Crippen MR) is 79.9 cm³/mol. The van der Waals surface area contributed by atoms with Gasteiger partial charge in [0.2, 0.25) is 0 Å². The van der Waals surface area contributed by atoms with E-state index in [1.807, 2.05) is 44.2 Å². The van der Waals surface area contributed by atoms with Crippen LogP contribution in [-0.4, -0.2) is 29.6 Å². The third kappa shape index (κ3) is 4.56. The van der Waals surface area contributed by atoms with Crippen LogP contribution in [0.25, 0.3) is 0 Å². The maximum Gasteiger partial charge on any atom is 0.305 e. The minimum Gasteiger partial charge on any atom is -0.481 e. The van der Waals surface area contributed by atoms with Crippen LogP contribution in [0, 0.1) is 0 Å². The van der Waals surface area contributed by atoms with Crippen LogP contribution < -0.4 is 5.32 Å². The number of hydrogen-bond donors (Lipinski definition) is 2. The first-order valence-corrected chi connectivity index (χ1v) is 7.09. The Kier molecular flexibility index (Phi) is 6.37. The number of rotatable bonds is 8. The standard InChI is InChI=1S/C16H23NO4/c1-4-16(5-2,11-13(18)19)17-15(20)14(21-3)12-9-7-6-8-10-12/h6-10,14H,4-5,11H2,1-3H3,(H,17,20)(H,18,19)/t14-/m1/s1. The van der Waals surface area contributed by atoms with Crippen molar-refractivity contribution >= 4 is 11.9 Å². The van der Waals surface area contributed by atoms with E-state index in [2.05, 4.69) is 5.32 Å². The quantitative estimate of drug-likeness (QED) is 0.772. The van der Waals surface area contributed by atoms with Crippen molar-refractivity contribution in [3.63, 3.8) is 0 Å². The molecule has 0 aliphatic heterocycles. The first-order chi connectivity index (χ1) is 9.98. The fourth-order valence-corrected chi connectivity index (χ4v) is 2.36. The summed E-state index contributed by atoms with van der Waals surface area (Å²) < 4.78 is 5.28. The Morgan fingerprint density at radius 1 is 1.24 bits per heavy atom. The molecule has 0 aliphatic carbocycles. The maximum absolute atomic E-state index is 12.5. The molecular weight excluding hydrogens is 270 g/mol. The van der Waals surface area contributed by atoms with Gasteiger partial charge in [-0.1, -0.05) is 44.2 Å². The minimum atomic E-state index is -0.923. The zero-order chi connectivity index (χ0) is 15.9. The number of amides is 1. The molecule has 0 spiro atoms. The van der Waals surface area contributed by atoms with Gasteiger partial charge in [-0.2, -0.15) is 0 Å². The first-order valence-electron chi connectivity index (χ1n) is 7.09. The summed E-state index contributed by atoms with van der Waals surface area (Å²) >= 11 is 0. The van der Waals surface area contributed by atoms with E-state index in [0.717, 1.165) is 5.56 Å². The van der Waals surface area contributed by atoms with Crippen molar-refractivity contribution in [3.05, 3.63) is 35.9 Å². The topological polar surface area (TPSA) is 75.6 Å². The van der Waals surface area contributed by atoms with Gasteiger partial charge in [-0.25, -0.2) is 0 Å². The summed E-state index contributed by atoms with van der Waals surface area (Å²) in [5.74, 6) is -1.23. The Hall–Kier alpha value is -1.88. The molecule has 0 saturated carbocycles. The van der Waals surface area contributed by atoms with Crippen LogP contribution in [-0.2, 0) is 14.3 Å². The smallest absolute Gasteiger partial charge is 0.305 e. The number of methoxy groups -OCH3 is 1. The number of carboxylic acid groups (broad SMARTS) is 1. The largest absolute Gasteiger partial charge is 0.481 e. The predicted octanol–water partition coefficient (Wildman–Crippen LogP) is 2.52. The highest BCUT2D eigenvalue weighted by Gasteiger charge is 2.33. The molecule has 0 fully saturated rings. The molecule has 5 nitrogen and oxygen atoms in total. The molecule has 116 valence electrons. The zero-order valence-corrected chi connectivity index (χ0v) is 12.8. The second-order valence-corrected chi connectivity index (χ2v) is 5.07. The van der Waals surface area contributed by atoms with E-state index in [1.165, 1.54) is 7.11 Å². The highest BCUT2D eigenvalue weighted by Crippen LogP contribution is 2.23. The van der Waals surface area contributed by atoms with Crippen LogP contribution in [0.1, 0.15) is 44.8 Å². The van der Waals surface area contributed by atoms with Crippen LogP contribution in [0.3, 0.4) is 0 Å². The molecule has 5 heteroatoms. The van der Waals surface area contributed by atoms with Crippen molar-refractivity contribution in [1.29, 1.82) is 0 Å². The molecule has 0 radical (unpaired) electrons. The van der Waals surface area contributed by atoms with Crippen LogP contribution in [0.2, 0.25) is 0 Å². The second kappa shape index (κ2) is 7.78. The van der Waals surface area contributed by atoms with Crippen LogP contribution >= 0.6 is 0 Å². The highest BCUT2D eigenvalue weighted by atomic mass is 16.5. The van der Waals surface area contributed by atoms with E-state index in [-0.39, 0.29) is 12.3 Å². The summed E-state index contributed by atoms with van der Waals surface area (Å²) in [5, 5.41) is 11.9. The van der Waals surface area contributed by atoms with E-state index < -0.39 is 17.6 Å². The molecule has 0 unspecified atom stereocenters. The average Bonchev–Trinajstić information content (AvgIpc) is 2.47. The van der Waals surface area contributed by atoms with E-state index in [0.29, 0.717) is 12.8 Å². The summed E-state index contributed by atoms with van der Waals surface area (Å²) in [5.41, 5.74) is 0.00279. The van der Waals surface area contributed by atoms with E-state index in [4.69, 9.17) is 9.84 Å². The molecule has 1 rings (SSSR count). The Labute approximate surface area is 125 Å². The summed E-state index contributed by atoms with van der Waals surface area (Å²) in [6.07, 6.45) is 0.258. The van der Waals surface area contributed by atoms with E-state index in [9.17, 15) is 9.59 Å². The van der Waals surface area contributed by atoms with Crippen LogP contribution in [0.15, 0.2) is 30.3 Å². The lowest BCUT2D eigenvalue weighted by Gasteiger charge is -2.33. The molecule has 0 bridgehead atoms. The summed E-state index contributed by atoms with van der Waals surface area (Å²) in [6, 6.07) is 9.15. The number of carbonyl (C=O) groups excluding carboxylic acids is 1. The van der Waals surface area contributed by atoms with Crippen molar-refractivity contribution in [3.8, 4) is 0 Å². The Morgan fingerprint density at radius 2 is 1.81 bits per heavy atom. The lowest BCUT2D eigenvalue weighted by molar-refractivity contribution is -0.140. The molecule has 0 aromatic heterocycles. The third-order valence-electron chi connectivity index (χ3n) is 3.81. The first kappa shape index (κ1) is 17.2. The van der Waals surface area contributed by atoms with Gasteiger partial charge in [0.05, 0.1) is 12.0 Å². The number of benzene rings is 1. The third-order valence-corrected chi connectivity index (χ3v) is 3.81. The fourth-order valence-electron chi connectivity index (χ4n) is 2.36. The minimum absolute atomic E-state index is 0.100. The molecule has 2 N–H and O–H groups in total. The van der Waals surface area contributed by atoms with Gasteiger partial charge in [-0.15, -0.1) is 0 Å². The average molecular weight is 293 g/mol. The summed E-state index contributed by atoms with van der Waals surface area (Å²) in [4.78, 5) is 23.5. The van der Waals surface area contributed by atoms with Gasteiger partial charge in [0.25, 0.3) is 5.91 Å². The van der Waals surface area contributed by atoms with Crippen molar-refractivity contribution in [2.45, 2.75) is 44.8 Å². The Balaban J connectivity index is 2.92. The van der Waals surface area contributed by atoms with E-state index >= 15 is 0 Å². The fraction of sp³-hybridized carbons (Fsp3) is 0.500. The van der Waals surface area contributed by atoms with Gasteiger partial charge in [0.1, 0.15) is 0 Å². The second-order valence-electron chi connectivity index (χ2n) is 5.07. The molecule has 1 atom stereocenters. The maximum atomic E-state index is 12.5.